The number of hydrogen-bond donors (Lipinski definition) is 1. The molecule has 33 heavy (non-hydrogen) atoms. The Morgan fingerprint density at radius 2 is 1.73 bits per heavy atom. The van der Waals surface area contributed by atoms with Crippen LogP contribution in [0.3, 0.4) is 0 Å². The molecular formula is C24H30ClN3O4S. The van der Waals surface area contributed by atoms with Crippen LogP contribution < -0.4 is 10.2 Å². The molecule has 2 fully saturated rings. The molecule has 0 bridgehead atoms. The lowest BCUT2D eigenvalue weighted by molar-refractivity contribution is 0.0951. The third-order valence-electron chi connectivity index (χ3n) is 6.33. The Balaban J connectivity index is 1.42. The fourth-order valence-corrected chi connectivity index (χ4v) is 5.84. The highest BCUT2D eigenvalue weighted by Crippen LogP contribution is 2.26. The number of nitrogens with zero attached hydrogens (tertiary/aromatic N) is 2. The van der Waals surface area contributed by atoms with E-state index in [0.29, 0.717) is 25.6 Å². The molecule has 0 atom stereocenters. The second kappa shape index (κ2) is 10.4. The molecule has 2 saturated heterocycles. The number of nitrogens with one attached hydrogen (secondary N) is 1. The summed E-state index contributed by atoms with van der Waals surface area (Å²) in [5.41, 5.74) is 2.23. The first-order chi connectivity index (χ1) is 15.8. The van der Waals surface area contributed by atoms with Crippen LogP contribution in [0.15, 0.2) is 47.4 Å². The van der Waals surface area contributed by atoms with E-state index in [9.17, 15) is 13.2 Å². The van der Waals surface area contributed by atoms with E-state index >= 15 is 0 Å². The number of ether oxygens (including phenoxy) is 1. The van der Waals surface area contributed by atoms with Crippen molar-refractivity contribution in [3.05, 3.63) is 58.6 Å². The molecule has 0 saturated carbocycles. The maximum Gasteiger partial charge on any atom is 0.253 e. The molecule has 4 rings (SSSR count). The minimum absolute atomic E-state index is 0.0986. The van der Waals surface area contributed by atoms with Gasteiger partial charge in [0, 0.05) is 38.4 Å². The van der Waals surface area contributed by atoms with Crippen LogP contribution in [-0.4, -0.2) is 58.0 Å². The largest absolute Gasteiger partial charge is 0.378 e. The first kappa shape index (κ1) is 24.0. The number of halogens is 1. The Bertz CT molecular complexity index is 1080. The second-order valence-corrected chi connectivity index (χ2v) is 11.0. The number of sulfonamides is 1. The average Bonchev–Trinajstić information content (AvgIpc) is 2.84. The zero-order valence-corrected chi connectivity index (χ0v) is 20.4. The first-order valence-electron chi connectivity index (χ1n) is 11.3. The van der Waals surface area contributed by atoms with Crippen LogP contribution in [-0.2, 0) is 21.3 Å². The molecular weight excluding hydrogens is 462 g/mol. The van der Waals surface area contributed by atoms with Crippen LogP contribution in [0.25, 0.3) is 0 Å². The Morgan fingerprint density at radius 1 is 1.06 bits per heavy atom. The number of hydrogen-bond acceptors (Lipinski definition) is 5. The molecule has 2 aromatic carbocycles. The molecule has 178 valence electrons. The number of carbonyl (C=O) groups is 1. The summed E-state index contributed by atoms with van der Waals surface area (Å²) in [5, 5.41) is 3.08. The molecule has 2 aliphatic rings. The smallest absolute Gasteiger partial charge is 0.253 e. The summed E-state index contributed by atoms with van der Waals surface area (Å²) in [4.78, 5) is 15.2. The fourth-order valence-electron chi connectivity index (χ4n) is 4.14. The minimum atomic E-state index is -3.66. The fraction of sp³-hybridized carbons (Fsp3) is 0.458. The number of amides is 1. The van der Waals surface area contributed by atoms with E-state index in [4.69, 9.17) is 16.3 Å². The molecule has 1 N–H and O–H groups in total. The quantitative estimate of drug-likeness (QED) is 0.668. The van der Waals surface area contributed by atoms with Gasteiger partial charge in [-0.25, -0.2) is 8.42 Å². The van der Waals surface area contributed by atoms with Gasteiger partial charge in [0.2, 0.25) is 10.0 Å². The van der Waals surface area contributed by atoms with Gasteiger partial charge in [-0.15, -0.1) is 0 Å². The molecule has 0 aromatic heterocycles. The Hall–Kier alpha value is -2.13. The summed E-state index contributed by atoms with van der Waals surface area (Å²) in [6, 6.07) is 12.4. The van der Waals surface area contributed by atoms with Crippen molar-refractivity contribution >= 4 is 33.2 Å². The van der Waals surface area contributed by atoms with E-state index in [2.05, 4.69) is 17.1 Å². The number of carbonyl (C=O) groups excluding carboxylic acids is 1. The Kier molecular flexibility index (Phi) is 7.58. The zero-order valence-electron chi connectivity index (χ0n) is 18.8. The summed E-state index contributed by atoms with van der Waals surface area (Å²) in [6.07, 6.45) is 1.68. The number of benzene rings is 2. The van der Waals surface area contributed by atoms with Crippen molar-refractivity contribution in [3.63, 3.8) is 0 Å². The van der Waals surface area contributed by atoms with Gasteiger partial charge in [-0.2, -0.15) is 4.31 Å². The van der Waals surface area contributed by atoms with E-state index in [1.165, 1.54) is 22.5 Å². The van der Waals surface area contributed by atoms with Crippen LogP contribution in [0.2, 0.25) is 5.02 Å². The van der Waals surface area contributed by atoms with Crippen molar-refractivity contribution in [2.45, 2.75) is 31.2 Å². The monoisotopic (exact) mass is 491 g/mol. The highest BCUT2D eigenvalue weighted by atomic mass is 35.5. The van der Waals surface area contributed by atoms with Crippen LogP contribution >= 0.6 is 11.6 Å². The molecule has 0 spiro atoms. The minimum Gasteiger partial charge on any atom is -0.378 e. The predicted molar refractivity (Wildman–Crippen MR) is 129 cm³/mol. The van der Waals surface area contributed by atoms with Crippen molar-refractivity contribution in [1.29, 1.82) is 0 Å². The van der Waals surface area contributed by atoms with E-state index in [1.54, 1.807) is 0 Å². The van der Waals surface area contributed by atoms with Gasteiger partial charge < -0.3 is 15.0 Å². The van der Waals surface area contributed by atoms with Crippen molar-refractivity contribution in [1.82, 2.24) is 9.62 Å². The third-order valence-corrected chi connectivity index (χ3v) is 8.55. The van der Waals surface area contributed by atoms with Gasteiger partial charge in [0.1, 0.15) is 0 Å². The van der Waals surface area contributed by atoms with Crippen LogP contribution in [0, 0.1) is 5.92 Å². The summed E-state index contributed by atoms with van der Waals surface area (Å²) >= 11 is 6.25. The van der Waals surface area contributed by atoms with Gasteiger partial charge in [-0.05, 0) is 54.7 Å². The van der Waals surface area contributed by atoms with Crippen molar-refractivity contribution in [3.8, 4) is 0 Å². The van der Waals surface area contributed by atoms with E-state index in [1.807, 2.05) is 24.3 Å². The third kappa shape index (κ3) is 5.69. The summed E-state index contributed by atoms with van der Waals surface area (Å²) in [5.74, 6) is 0.118. The Morgan fingerprint density at radius 3 is 2.39 bits per heavy atom. The van der Waals surface area contributed by atoms with Crippen molar-refractivity contribution in [2.75, 3.05) is 44.3 Å². The first-order valence-corrected chi connectivity index (χ1v) is 13.2. The number of rotatable bonds is 6. The van der Waals surface area contributed by atoms with Gasteiger partial charge in [0.05, 0.1) is 28.7 Å². The van der Waals surface area contributed by atoms with Gasteiger partial charge in [-0.3, -0.25) is 4.79 Å². The molecule has 2 aliphatic heterocycles. The van der Waals surface area contributed by atoms with Gasteiger partial charge in [-0.1, -0.05) is 30.7 Å². The lowest BCUT2D eigenvalue weighted by Gasteiger charge is -2.29. The van der Waals surface area contributed by atoms with Crippen molar-refractivity contribution < 1.29 is 17.9 Å². The Labute approximate surface area is 200 Å². The maximum absolute atomic E-state index is 13.1. The van der Waals surface area contributed by atoms with Crippen LogP contribution in [0.4, 0.5) is 5.69 Å². The maximum atomic E-state index is 13.1. The average molecular weight is 492 g/mol. The summed E-state index contributed by atoms with van der Waals surface area (Å²) in [6.45, 7) is 6.62. The normalized spacial score (nSPS) is 18.3. The molecule has 0 unspecified atom stereocenters. The molecule has 7 nitrogen and oxygen atoms in total. The zero-order chi connectivity index (χ0) is 23.4. The van der Waals surface area contributed by atoms with Gasteiger partial charge in [0.15, 0.2) is 0 Å². The summed E-state index contributed by atoms with van der Waals surface area (Å²) < 4.78 is 33.0. The lowest BCUT2D eigenvalue weighted by Crippen LogP contribution is -2.38. The van der Waals surface area contributed by atoms with Gasteiger partial charge >= 0.3 is 0 Å². The standard InChI is InChI=1S/C24H30ClN3O4S/c1-18-8-10-28(11-9-18)33(30,31)21-6-7-23(25)22(16-21)24(29)26-17-19-2-4-20(5-3-19)27-12-14-32-15-13-27/h2-7,16,18H,8-15,17H2,1H3,(H,26,29). The number of morpholine rings is 1. The van der Waals surface area contributed by atoms with E-state index in [0.717, 1.165) is 50.4 Å². The van der Waals surface area contributed by atoms with Gasteiger partial charge in [0.25, 0.3) is 5.91 Å². The van der Waals surface area contributed by atoms with Crippen LogP contribution in [0.5, 0.6) is 0 Å². The highest BCUT2D eigenvalue weighted by Gasteiger charge is 2.29. The number of anilines is 1. The topological polar surface area (TPSA) is 79.0 Å². The molecule has 2 heterocycles. The predicted octanol–water partition coefficient (Wildman–Crippen LogP) is 3.53. The molecule has 0 radical (unpaired) electrons. The molecule has 9 heteroatoms. The highest BCUT2D eigenvalue weighted by molar-refractivity contribution is 7.89. The number of piperidine rings is 1. The summed E-state index contributed by atoms with van der Waals surface area (Å²) in [7, 11) is -3.66. The molecule has 1 amide bonds. The van der Waals surface area contributed by atoms with E-state index < -0.39 is 15.9 Å². The SMILES string of the molecule is CC1CCN(S(=O)(=O)c2ccc(Cl)c(C(=O)NCc3ccc(N4CCOCC4)cc3)c2)CC1. The molecule has 2 aromatic rings. The molecule has 0 aliphatic carbocycles. The lowest BCUT2D eigenvalue weighted by atomic mass is 10.0. The van der Waals surface area contributed by atoms with Crippen LogP contribution in [0.1, 0.15) is 35.7 Å². The van der Waals surface area contributed by atoms with Crippen molar-refractivity contribution in [2.24, 2.45) is 5.92 Å². The van der Waals surface area contributed by atoms with E-state index in [-0.39, 0.29) is 15.5 Å². The second-order valence-electron chi connectivity index (χ2n) is 8.68.